The summed E-state index contributed by atoms with van der Waals surface area (Å²) in [4.78, 5) is 17.9. The van der Waals surface area contributed by atoms with Crippen LogP contribution in [0.2, 0.25) is 0 Å². The van der Waals surface area contributed by atoms with Crippen LogP contribution in [0, 0.1) is 25.7 Å². The standard InChI is InChI=1S/C17H21N3OS2/c1-10-6-14(23-17-19-11(2)9-22-17)4-5-15(10)20-16(21)12(3)13-7-18-8-13/h4-6,9,12-13,18H,7-8H2,1-3H3,(H,20,21). The quantitative estimate of drug-likeness (QED) is 0.866. The molecule has 1 fully saturated rings. The van der Waals surface area contributed by atoms with Crippen molar-refractivity contribution < 1.29 is 4.79 Å². The molecule has 23 heavy (non-hydrogen) atoms. The van der Waals surface area contributed by atoms with Crippen molar-refractivity contribution in [3.8, 4) is 0 Å². The minimum Gasteiger partial charge on any atom is -0.326 e. The van der Waals surface area contributed by atoms with E-state index in [-0.39, 0.29) is 11.8 Å². The van der Waals surface area contributed by atoms with Gasteiger partial charge in [0, 0.05) is 27.6 Å². The number of amides is 1. The number of thiazole rings is 1. The van der Waals surface area contributed by atoms with Crippen LogP contribution in [0.1, 0.15) is 18.2 Å². The highest BCUT2D eigenvalue weighted by Gasteiger charge is 2.28. The zero-order valence-corrected chi connectivity index (χ0v) is 15.2. The molecule has 0 spiro atoms. The van der Waals surface area contributed by atoms with Gasteiger partial charge in [-0.3, -0.25) is 4.79 Å². The molecule has 0 bridgehead atoms. The molecule has 1 unspecified atom stereocenters. The molecular formula is C17H21N3OS2. The molecule has 1 aromatic heterocycles. The zero-order valence-electron chi connectivity index (χ0n) is 13.6. The van der Waals surface area contributed by atoms with E-state index >= 15 is 0 Å². The zero-order chi connectivity index (χ0) is 16.4. The van der Waals surface area contributed by atoms with Gasteiger partial charge in [-0.1, -0.05) is 18.7 Å². The highest BCUT2D eigenvalue weighted by Crippen LogP contribution is 2.32. The van der Waals surface area contributed by atoms with Gasteiger partial charge in [0.1, 0.15) is 0 Å². The molecule has 122 valence electrons. The Morgan fingerprint density at radius 1 is 1.43 bits per heavy atom. The van der Waals surface area contributed by atoms with Crippen LogP contribution in [0.15, 0.2) is 32.8 Å². The maximum Gasteiger partial charge on any atom is 0.227 e. The van der Waals surface area contributed by atoms with E-state index in [1.165, 1.54) is 0 Å². The molecule has 6 heteroatoms. The molecule has 2 N–H and O–H groups in total. The number of hydrogen-bond acceptors (Lipinski definition) is 5. The van der Waals surface area contributed by atoms with Crippen molar-refractivity contribution in [3.63, 3.8) is 0 Å². The number of aromatic nitrogens is 1. The van der Waals surface area contributed by atoms with Crippen molar-refractivity contribution in [1.82, 2.24) is 10.3 Å². The highest BCUT2D eigenvalue weighted by atomic mass is 32.2. The van der Waals surface area contributed by atoms with Crippen LogP contribution in [0.3, 0.4) is 0 Å². The van der Waals surface area contributed by atoms with Gasteiger partial charge in [-0.25, -0.2) is 4.98 Å². The second-order valence-electron chi connectivity index (χ2n) is 6.03. The molecule has 0 radical (unpaired) electrons. The maximum atomic E-state index is 12.3. The summed E-state index contributed by atoms with van der Waals surface area (Å²) in [5.41, 5.74) is 3.03. The Hall–Kier alpha value is -1.37. The number of rotatable bonds is 5. The second kappa shape index (κ2) is 7.03. The summed E-state index contributed by atoms with van der Waals surface area (Å²) in [5.74, 6) is 0.608. The van der Waals surface area contributed by atoms with E-state index in [1.54, 1.807) is 23.1 Å². The SMILES string of the molecule is Cc1csc(Sc2ccc(NC(=O)C(C)C3CNC3)c(C)c2)n1. The molecule has 2 heterocycles. The van der Waals surface area contributed by atoms with Crippen LogP contribution >= 0.6 is 23.1 Å². The largest absolute Gasteiger partial charge is 0.326 e. The fraction of sp³-hybridized carbons (Fsp3) is 0.412. The molecule has 2 aromatic rings. The first kappa shape index (κ1) is 16.5. The lowest BCUT2D eigenvalue weighted by molar-refractivity contribution is -0.121. The Kier molecular flexibility index (Phi) is 5.04. The van der Waals surface area contributed by atoms with Crippen molar-refractivity contribution in [2.75, 3.05) is 18.4 Å². The summed E-state index contributed by atoms with van der Waals surface area (Å²) < 4.78 is 1.05. The van der Waals surface area contributed by atoms with Crippen LogP contribution in [0.5, 0.6) is 0 Å². The van der Waals surface area contributed by atoms with E-state index < -0.39 is 0 Å². The van der Waals surface area contributed by atoms with E-state index in [2.05, 4.69) is 27.1 Å². The van der Waals surface area contributed by atoms with Crippen LogP contribution in [-0.4, -0.2) is 24.0 Å². The number of nitrogens with one attached hydrogen (secondary N) is 2. The fourth-order valence-electron chi connectivity index (χ4n) is 2.45. The minimum absolute atomic E-state index is 0.0444. The smallest absolute Gasteiger partial charge is 0.227 e. The molecule has 1 amide bonds. The number of nitrogens with zero attached hydrogens (tertiary/aromatic N) is 1. The molecule has 1 aromatic carbocycles. The molecule has 1 saturated heterocycles. The Bertz CT molecular complexity index is 710. The average molecular weight is 348 g/mol. The van der Waals surface area contributed by atoms with Crippen molar-refractivity contribution in [2.24, 2.45) is 11.8 Å². The third-order valence-electron chi connectivity index (χ3n) is 4.19. The lowest BCUT2D eigenvalue weighted by Gasteiger charge is -2.31. The first-order valence-corrected chi connectivity index (χ1v) is 9.45. The van der Waals surface area contributed by atoms with Crippen LogP contribution in [0.25, 0.3) is 0 Å². The summed E-state index contributed by atoms with van der Waals surface area (Å²) in [5, 5.41) is 8.34. The number of anilines is 1. The van der Waals surface area contributed by atoms with E-state index in [0.29, 0.717) is 5.92 Å². The van der Waals surface area contributed by atoms with Gasteiger partial charge >= 0.3 is 0 Å². The number of aryl methyl sites for hydroxylation is 2. The van der Waals surface area contributed by atoms with Gasteiger partial charge in [0.2, 0.25) is 5.91 Å². The Balaban J connectivity index is 1.65. The van der Waals surface area contributed by atoms with E-state index in [1.807, 2.05) is 32.9 Å². The van der Waals surface area contributed by atoms with Gasteiger partial charge in [0.05, 0.1) is 0 Å². The van der Waals surface area contributed by atoms with Crippen molar-refractivity contribution >= 4 is 34.7 Å². The predicted molar refractivity (Wildman–Crippen MR) is 96.3 cm³/mol. The van der Waals surface area contributed by atoms with Crippen molar-refractivity contribution in [1.29, 1.82) is 0 Å². The highest BCUT2D eigenvalue weighted by molar-refractivity contribution is 8.01. The van der Waals surface area contributed by atoms with Gasteiger partial charge < -0.3 is 10.6 Å². The Morgan fingerprint density at radius 2 is 2.22 bits per heavy atom. The van der Waals surface area contributed by atoms with Gasteiger partial charge in [0.25, 0.3) is 0 Å². The second-order valence-corrected chi connectivity index (χ2v) is 8.21. The molecule has 0 aliphatic carbocycles. The molecule has 3 rings (SSSR count). The number of benzene rings is 1. The molecule has 1 atom stereocenters. The average Bonchev–Trinajstić information content (AvgIpc) is 2.85. The van der Waals surface area contributed by atoms with E-state index in [4.69, 9.17) is 0 Å². The van der Waals surface area contributed by atoms with Crippen molar-refractivity contribution in [2.45, 2.75) is 30.0 Å². The first-order chi connectivity index (χ1) is 11.0. The third-order valence-corrected chi connectivity index (χ3v) is 6.24. The summed E-state index contributed by atoms with van der Waals surface area (Å²) in [6.07, 6.45) is 0. The summed E-state index contributed by atoms with van der Waals surface area (Å²) in [7, 11) is 0. The molecule has 4 nitrogen and oxygen atoms in total. The Labute approximate surface area is 145 Å². The topological polar surface area (TPSA) is 54.0 Å². The van der Waals surface area contributed by atoms with Crippen LogP contribution < -0.4 is 10.6 Å². The van der Waals surface area contributed by atoms with E-state index in [0.717, 1.165) is 39.3 Å². The fourth-order valence-corrected chi connectivity index (χ4v) is 4.35. The predicted octanol–water partition coefficient (Wildman–Crippen LogP) is 3.71. The van der Waals surface area contributed by atoms with Crippen LogP contribution in [0.4, 0.5) is 5.69 Å². The van der Waals surface area contributed by atoms with Gasteiger partial charge in [0.15, 0.2) is 4.34 Å². The number of carbonyl (C=O) groups excluding carboxylic acids is 1. The summed E-state index contributed by atoms with van der Waals surface area (Å²) in [6, 6.07) is 6.13. The van der Waals surface area contributed by atoms with E-state index in [9.17, 15) is 4.79 Å². The van der Waals surface area contributed by atoms with Gasteiger partial charge in [-0.2, -0.15) is 0 Å². The monoisotopic (exact) mass is 347 g/mol. The number of hydrogen-bond donors (Lipinski definition) is 2. The lowest BCUT2D eigenvalue weighted by Crippen LogP contribution is -2.48. The molecular weight excluding hydrogens is 326 g/mol. The third kappa shape index (κ3) is 3.94. The summed E-state index contributed by atoms with van der Waals surface area (Å²) in [6.45, 7) is 7.92. The normalized spacial score (nSPS) is 16.0. The Morgan fingerprint density at radius 3 is 2.78 bits per heavy atom. The minimum atomic E-state index is 0.0444. The van der Waals surface area contributed by atoms with Gasteiger partial charge in [-0.05, 0) is 56.6 Å². The number of carbonyl (C=O) groups is 1. The maximum absolute atomic E-state index is 12.3. The molecule has 1 aliphatic rings. The van der Waals surface area contributed by atoms with Gasteiger partial charge in [-0.15, -0.1) is 11.3 Å². The first-order valence-electron chi connectivity index (χ1n) is 7.75. The molecule has 0 saturated carbocycles. The lowest BCUT2D eigenvalue weighted by atomic mass is 9.88. The summed E-state index contributed by atoms with van der Waals surface area (Å²) >= 11 is 3.32. The molecule has 1 aliphatic heterocycles. The van der Waals surface area contributed by atoms with Crippen molar-refractivity contribution in [3.05, 3.63) is 34.8 Å². The van der Waals surface area contributed by atoms with Crippen LogP contribution in [-0.2, 0) is 4.79 Å².